The summed E-state index contributed by atoms with van der Waals surface area (Å²) in [6, 6.07) is 27.6. The molecule has 7 aromatic rings. The first kappa shape index (κ1) is 29.3. The maximum Gasteiger partial charge on any atom is 0.336 e. The molecule has 0 radical (unpaired) electrons. The highest BCUT2D eigenvalue weighted by Gasteiger charge is 2.48. The van der Waals surface area contributed by atoms with Gasteiger partial charge in [-0.2, -0.15) is 0 Å². The lowest BCUT2D eigenvalue weighted by atomic mass is 9.66. The van der Waals surface area contributed by atoms with E-state index in [4.69, 9.17) is 0 Å². The lowest BCUT2D eigenvalue weighted by Crippen LogP contribution is -2.31. The Labute approximate surface area is 273 Å². The van der Waals surface area contributed by atoms with Gasteiger partial charge in [0, 0.05) is 7.05 Å². The van der Waals surface area contributed by atoms with Gasteiger partial charge in [0.05, 0.1) is 38.2 Å². The molecule has 1 aliphatic rings. The third-order valence-corrected chi connectivity index (χ3v) is 10.2. The van der Waals surface area contributed by atoms with Crippen molar-refractivity contribution < 1.29 is 9.90 Å². The van der Waals surface area contributed by atoms with Crippen LogP contribution in [0.25, 0.3) is 38.4 Å². The van der Waals surface area contributed by atoms with E-state index in [-0.39, 0.29) is 27.1 Å². The molecular formula is C40H28N2O6. The largest absolute Gasteiger partial charge is 0.478 e. The van der Waals surface area contributed by atoms with Crippen LogP contribution in [0.4, 0.5) is 0 Å². The van der Waals surface area contributed by atoms with Crippen LogP contribution in [0.2, 0.25) is 0 Å². The molecule has 2 aromatic heterocycles. The van der Waals surface area contributed by atoms with Gasteiger partial charge in [0.25, 0.3) is 22.2 Å². The normalized spacial score (nSPS) is 15.2. The van der Waals surface area contributed by atoms with Crippen molar-refractivity contribution in [2.45, 2.75) is 26.2 Å². The van der Waals surface area contributed by atoms with Gasteiger partial charge in [0.2, 0.25) is 0 Å². The maximum absolute atomic E-state index is 13.8. The van der Waals surface area contributed by atoms with Gasteiger partial charge in [-0.3, -0.25) is 23.7 Å². The number of hydrogen-bond donors (Lipinski definition) is 1. The minimum absolute atomic E-state index is 0.0648. The number of rotatable bonds is 4. The summed E-state index contributed by atoms with van der Waals surface area (Å²) < 4.78 is 2.05. The summed E-state index contributed by atoms with van der Waals surface area (Å²) in [6.07, 6.45) is 0. The number of benzene rings is 5. The van der Waals surface area contributed by atoms with Gasteiger partial charge in [-0.1, -0.05) is 66.7 Å². The fourth-order valence-electron chi connectivity index (χ4n) is 7.73. The number of carboxylic acids is 1. The third kappa shape index (κ3) is 3.62. The van der Waals surface area contributed by atoms with Crippen molar-refractivity contribution in [1.29, 1.82) is 0 Å². The van der Waals surface area contributed by atoms with Crippen LogP contribution in [-0.4, -0.2) is 20.2 Å². The topological polar surface area (TPSA) is 115 Å². The van der Waals surface area contributed by atoms with Crippen molar-refractivity contribution in [3.63, 3.8) is 0 Å². The zero-order valence-electron chi connectivity index (χ0n) is 26.5. The number of nitrogens with zero attached hydrogens (tertiary/aromatic N) is 2. The lowest BCUT2D eigenvalue weighted by Gasteiger charge is -2.35. The van der Waals surface area contributed by atoms with E-state index >= 15 is 0 Å². The highest BCUT2D eigenvalue weighted by atomic mass is 16.4. The first-order valence-electron chi connectivity index (χ1n) is 15.5. The fraction of sp³-hybridized carbons (Fsp3) is 0.125. The molecule has 0 spiro atoms. The quantitative estimate of drug-likeness (QED) is 0.277. The van der Waals surface area contributed by atoms with E-state index in [1.165, 1.54) is 19.2 Å². The third-order valence-electron chi connectivity index (χ3n) is 10.2. The molecule has 5 aromatic carbocycles. The average molecular weight is 633 g/mol. The maximum atomic E-state index is 13.8. The van der Waals surface area contributed by atoms with Crippen LogP contribution < -0.4 is 22.2 Å². The summed E-state index contributed by atoms with van der Waals surface area (Å²) in [5.41, 5.74) is 5.09. The summed E-state index contributed by atoms with van der Waals surface area (Å²) in [5, 5.41) is 10.8. The summed E-state index contributed by atoms with van der Waals surface area (Å²) in [7, 11) is 1.36. The molecule has 0 saturated heterocycles. The van der Waals surface area contributed by atoms with Gasteiger partial charge < -0.3 is 5.11 Å². The van der Waals surface area contributed by atoms with Crippen molar-refractivity contribution in [2.75, 3.05) is 0 Å². The van der Waals surface area contributed by atoms with Gasteiger partial charge in [-0.05, 0) is 95.1 Å². The average Bonchev–Trinajstić information content (AvgIpc) is 3.60. The molecule has 0 aliphatic heterocycles. The van der Waals surface area contributed by atoms with E-state index < -0.39 is 33.6 Å². The number of fused-ring (bicyclic) bond motifs is 5. The molecule has 234 valence electrons. The van der Waals surface area contributed by atoms with E-state index in [0.717, 1.165) is 48.1 Å². The molecule has 8 heteroatoms. The van der Waals surface area contributed by atoms with E-state index in [2.05, 4.69) is 6.07 Å². The lowest BCUT2D eigenvalue weighted by molar-refractivity contribution is 0.0695. The van der Waals surface area contributed by atoms with Crippen molar-refractivity contribution >= 4 is 27.5 Å². The molecule has 48 heavy (non-hydrogen) atoms. The summed E-state index contributed by atoms with van der Waals surface area (Å²) in [5.74, 6) is -1.04. The molecule has 0 saturated carbocycles. The standard InChI is InChI=1S/C40H28N2O6/c1-20-12-13-23(16-21(20)2)40(32-11-6-5-8-25(32)26-9-7-10-27(34(26)40)39(47)48)24-14-15-33(22(3)17-24)42-37(45)30-18-28-29(19-31(30)38(42)46)36(44)41(4)35(28)43/h5-19H,1-4H3,(H,47,48). The first-order chi connectivity index (χ1) is 23.0. The van der Waals surface area contributed by atoms with E-state index in [0.29, 0.717) is 16.8 Å². The molecule has 1 N–H and O–H groups in total. The summed E-state index contributed by atoms with van der Waals surface area (Å²) >= 11 is 0. The molecule has 2 heterocycles. The summed E-state index contributed by atoms with van der Waals surface area (Å²) in [6.45, 7) is 5.87. The first-order valence-corrected chi connectivity index (χ1v) is 15.5. The van der Waals surface area contributed by atoms with Crippen molar-refractivity contribution in [2.24, 2.45) is 7.05 Å². The van der Waals surface area contributed by atoms with Crippen LogP contribution in [0, 0.1) is 20.8 Å². The Morgan fingerprint density at radius 3 is 1.77 bits per heavy atom. The zero-order chi connectivity index (χ0) is 33.8. The molecule has 1 unspecified atom stereocenters. The molecule has 1 aliphatic carbocycles. The van der Waals surface area contributed by atoms with E-state index in [9.17, 15) is 29.1 Å². The number of hydrogen-bond acceptors (Lipinski definition) is 5. The predicted octanol–water partition coefficient (Wildman–Crippen LogP) is 5.43. The van der Waals surface area contributed by atoms with Gasteiger partial charge >= 0.3 is 5.97 Å². The minimum Gasteiger partial charge on any atom is -0.478 e. The van der Waals surface area contributed by atoms with Crippen LogP contribution in [-0.2, 0) is 12.5 Å². The Balaban J connectivity index is 1.44. The minimum atomic E-state index is -1.04. The van der Waals surface area contributed by atoms with E-state index in [1.807, 2.05) is 75.4 Å². The molecule has 8 rings (SSSR count). The summed E-state index contributed by atoms with van der Waals surface area (Å²) in [4.78, 5) is 65.8. The molecule has 1 atom stereocenters. The Kier molecular flexibility index (Phi) is 6.05. The molecule has 0 amide bonds. The smallest absolute Gasteiger partial charge is 0.336 e. The fourth-order valence-corrected chi connectivity index (χ4v) is 7.73. The number of aryl methyl sites for hydroxylation is 3. The number of carboxylic acid groups (broad SMARTS) is 1. The van der Waals surface area contributed by atoms with Crippen LogP contribution in [0.3, 0.4) is 0 Å². The number of carbonyl (C=O) groups is 1. The Morgan fingerprint density at radius 2 is 1.17 bits per heavy atom. The van der Waals surface area contributed by atoms with Gasteiger partial charge in [-0.15, -0.1) is 0 Å². The monoisotopic (exact) mass is 632 g/mol. The Bertz CT molecular complexity index is 2720. The second-order valence-corrected chi connectivity index (χ2v) is 12.7. The highest BCUT2D eigenvalue weighted by molar-refractivity contribution is 5.99. The van der Waals surface area contributed by atoms with Gasteiger partial charge in [0.1, 0.15) is 0 Å². The number of aromatic carboxylic acids is 1. The van der Waals surface area contributed by atoms with Crippen LogP contribution in [0.5, 0.6) is 0 Å². The van der Waals surface area contributed by atoms with Crippen LogP contribution in [0.15, 0.2) is 110 Å². The number of aromatic nitrogens is 2. The second-order valence-electron chi connectivity index (χ2n) is 12.7. The van der Waals surface area contributed by atoms with Crippen LogP contribution >= 0.6 is 0 Å². The molecule has 0 bridgehead atoms. The predicted molar refractivity (Wildman–Crippen MR) is 186 cm³/mol. The molecule has 8 nitrogen and oxygen atoms in total. The molecular weight excluding hydrogens is 604 g/mol. The Morgan fingerprint density at radius 1 is 0.604 bits per heavy atom. The van der Waals surface area contributed by atoms with Crippen molar-refractivity contribution in [3.8, 4) is 16.8 Å². The van der Waals surface area contributed by atoms with Crippen molar-refractivity contribution in [3.05, 3.63) is 177 Å². The van der Waals surface area contributed by atoms with Crippen molar-refractivity contribution in [1.82, 2.24) is 9.13 Å². The zero-order valence-corrected chi connectivity index (χ0v) is 26.5. The molecule has 0 fully saturated rings. The van der Waals surface area contributed by atoms with Crippen LogP contribution in [0.1, 0.15) is 49.3 Å². The second kappa shape index (κ2) is 9.92. The Hall–Kier alpha value is -6.15. The van der Waals surface area contributed by atoms with Gasteiger partial charge in [-0.25, -0.2) is 9.36 Å². The van der Waals surface area contributed by atoms with E-state index in [1.54, 1.807) is 18.2 Å². The highest BCUT2D eigenvalue weighted by Crippen LogP contribution is 2.57. The SMILES string of the molecule is Cc1ccc(C2(c3ccc(-n4c(=O)c5cc6c(=O)n(C)c(=O)c6cc5c4=O)c(C)c3)c3ccccc3-c3cccc(C(=O)O)c32)cc1C. The van der Waals surface area contributed by atoms with Gasteiger partial charge in [0.15, 0.2) is 0 Å².